The minimum absolute atomic E-state index is 0.0187. The standard InChI is InChI=1S/C21H21BrN4O/c22-18-12-23-26(14-18)20-8-6-17(7-9-20)21(27)24-19-10-11-25(15-19)13-16-4-2-1-3-5-16/h1-9,12,14,19H,10-11,13,15H2,(H,24,27). The first-order valence-electron chi connectivity index (χ1n) is 9.05. The summed E-state index contributed by atoms with van der Waals surface area (Å²) >= 11 is 3.39. The van der Waals surface area contributed by atoms with E-state index in [0.717, 1.165) is 36.2 Å². The van der Waals surface area contributed by atoms with Crippen molar-refractivity contribution >= 4 is 21.8 Å². The van der Waals surface area contributed by atoms with Gasteiger partial charge in [-0.3, -0.25) is 9.69 Å². The monoisotopic (exact) mass is 424 g/mol. The lowest BCUT2D eigenvalue weighted by Gasteiger charge is -2.17. The number of nitrogens with one attached hydrogen (secondary N) is 1. The van der Waals surface area contributed by atoms with Gasteiger partial charge in [-0.2, -0.15) is 5.10 Å². The van der Waals surface area contributed by atoms with Crippen molar-refractivity contribution in [2.45, 2.75) is 19.0 Å². The van der Waals surface area contributed by atoms with Crippen molar-refractivity contribution < 1.29 is 4.79 Å². The van der Waals surface area contributed by atoms with E-state index in [2.05, 4.69) is 55.5 Å². The molecule has 0 radical (unpaired) electrons. The van der Waals surface area contributed by atoms with Crippen LogP contribution in [0.2, 0.25) is 0 Å². The average Bonchev–Trinajstić information content (AvgIpc) is 3.31. The normalized spacial score (nSPS) is 17.1. The van der Waals surface area contributed by atoms with Crippen molar-refractivity contribution in [3.63, 3.8) is 0 Å². The highest BCUT2D eigenvalue weighted by Gasteiger charge is 2.24. The van der Waals surface area contributed by atoms with Crippen molar-refractivity contribution in [3.8, 4) is 5.69 Å². The molecule has 0 saturated carbocycles. The predicted octanol–water partition coefficient (Wildman–Crippen LogP) is 3.64. The molecule has 1 fully saturated rings. The van der Waals surface area contributed by atoms with E-state index < -0.39 is 0 Å². The molecule has 4 rings (SSSR count). The number of rotatable bonds is 5. The molecule has 0 bridgehead atoms. The summed E-state index contributed by atoms with van der Waals surface area (Å²) in [4.78, 5) is 14.9. The fourth-order valence-electron chi connectivity index (χ4n) is 3.41. The second kappa shape index (κ2) is 8.06. The third-order valence-electron chi connectivity index (χ3n) is 4.80. The molecular weight excluding hydrogens is 404 g/mol. The highest BCUT2D eigenvalue weighted by atomic mass is 79.9. The molecule has 1 N–H and O–H groups in total. The van der Waals surface area contributed by atoms with Gasteiger partial charge in [-0.1, -0.05) is 30.3 Å². The molecular formula is C21H21BrN4O. The topological polar surface area (TPSA) is 50.2 Å². The number of carbonyl (C=O) groups excluding carboxylic acids is 1. The number of carbonyl (C=O) groups is 1. The molecule has 2 aromatic carbocycles. The zero-order valence-electron chi connectivity index (χ0n) is 14.9. The molecule has 138 valence electrons. The molecule has 3 aromatic rings. The SMILES string of the molecule is O=C(NC1CCN(Cc2ccccc2)C1)c1ccc(-n2cc(Br)cn2)cc1. The van der Waals surface area contributed by atoms with Crippen LogP contribution in [0.1, 0.15) is 22.3 Å². The second-order valence-electron chi connectivity index (χ2n) is 6.83. The Balaban J connectivity index is 1.33. The molecule has 1 aliphatic heterocycles. The van der Waals surface area contributed by atoms with Crippen LogP contribution >= 0.6 is 15.9 Å². The number of hydrogen-bond donors (Lipinski definition) is 1. The van der Waals surface area contributed by atoms with Crippen LogP contribution in [0.3, 0.4) is 0 Å². The Hall–Kier alpha value is -2.44. The van der Waals surface area contributed by atoms with Gasteiger partial charge in [0, 0.05) is 37.4 Å². The second-order valence-corrected chi connectivity index (χ2v) is 7.75. The van der Waals surface area contributed by atoms with Crippen molar-refractivity contribution in [3.05, 3.63) is 82.6 Å². The number of aromatic nitrogens is 2. The molecule has 0 spiro atoms. The molecule has 1 amide bonds. The average molecular weight is 425 g/mol. The number of nitrogens with zero attached hydrogens (tertiary/aromatic N) is 3. The van der Waals surface area contributed by atoms with Crippen LogP contribution in [-0.2, 0) is 6.54 Å². The molecule has 1 atom stereocenters. The summed E-state index contributed by atoms with van der Waals surface area (Å²) < 4.78 is 2.69. The van der Waals surface area contributed by atoms with Gasteiger partial charge >= 0.3 is 0 Å². The van der Waals surface area contributed by atoms with E-state index in [4.69, 9.17) is 0 Å². The van der Waals surface area contributed by atoms with Gasteiger partial charge in [0.15, 0.2) is 0 Å². The largest absolute Gasteiger partial charge is 0.348 e. The van der Waals surface area contributed by atoms with Crippen molar-refractivity contribution in [1.29, 1.82) is 0 Å². The van der Waals surface area contributed by atoms with Crippen LogP contribution in [-0.4, -0.2) is 39.7 Å². The van der Waals surface area contributed by atoms with E-state index in [9.17, 15) is 4.79 Å². The quantitative estimate of drug-likeness (QED) is 0.679. The number of hydrogen-bond acceptors (Lipinski definition) is 3. The highest BCUT2D eigenvalue weighted by molar-refractivity contribution is 9.10. The fourth-order valence-corrected chi connectivity index (χ4v) is 3.70. The molecule has 1 aliphatic rings. The number of amides is 1. The van der Waals surface area contributed by atoms with Crippen LogP contribution in [0, 0.1) is 0 Å². The maximum Gasteiger partial charge on any atom is 0.251 e. The first-order chi connectivity index (χ1) is 13.2. The Kier molecular flexibility index (Phi) is 5.36. The minimum Gasteiger partial charge on any atom is -0.348 e. The Bertz CT molecular complexity index is 907. The van der Waals surface area contributed by atoms with Crippen molar-refractivity contribution in [2.24, 2.45) is 0 Å². The van der Waals surface area contributed by atoms with E-state index >= 15 is 0 Å². The Labute approximate surface area is 167 Å². The number of benzene rings is 2. The summed E-state index contributed by atoms with van der Waals surface area (Å²) in [5.41, 5.74) is 2.91. The first kappa shape index (κ1) is 17.9. The van der Waals surface area contributed by atoms with Gasteiger partial charge in [0.1, 0.15) is 0 Å². The lowest BCUT2D eigenvalue weighted by Crippen LogP contribution is -2.37. The molecule has 1 unspecified atom stereocenters. The first-order valence-corrected chi connectivity index (χ1v) is 9.84. The molecule has 6 heteroatoms. The molecule has 1 aromatic heterocycles. The van der Waals surface area contributed by atoms with E-state index in [1.165, 1.54) is 5.56 Å². The van der Waals surface area contributed by atoms with E-state index in [0.29, 0.717) is 5.56 Å². The van der Waals surface area contributed by atoms with Crippen LogP contribution < -0.4 is 5.32 Å². The van der Waals surface area contributed by atoms with E-state index in [1.807, 2.05) is 36.5 Å². The molecule has 2 heterocycles. The molecule has 0 aliphatic carbocycles. The Morgan fingerprint density at radius 3 is 2.63 bits per heavy atom. The number of halogens is 1. The van der Waals surface area contributed by atoms with E-state index in [1.54, 1.807) is 10.9 Å². The van der Waals surface area contributed by atoms with Gasteiger partial charge in [-0.25, -0.2) is 4.68 Å². The highest BCUT2D eigenvalue weighted by Crippen LogP contribution is 2.16. The van der Waals surface area contributed by atoms with Crippen LogP contribution in [0.25, 0.3) is 5.69 Å². The van der Waals surface area contributed by atoms with Crippen molar-refractivity contribution in [1.82, 2.24) is 20.0 Å². The van der Waals surface area contributed by atoms with Gasteiger partial charge in [0.2, 0.25) is 0 Å². The predicted molar refractivity (Wildman–Crippen MR) is 109 cm³/mol. The van der Waals surface area contributed by atoms with Gasteiger partial charge in [-0.05, 0) is 52.2 Å². The third-order valence-corrected chi connectivity index (χ3v) is 5.21. The number of likely N-dealkylation sites (tertiary alicyclic amines) is 1. The van der Waals surface area contributed by atoms with E-state index in [-0.39, 0.29) is 11.9 Å². The smallest absolute Gasteiger partial charge is 0.251 e. The van der Waals surface area contributed by atoms with Gasteiger partial charge in [0.25, 0.3) is 5.91 Å². The molecule has 5 nitrogen and oxygen atoms in total. The van der Waals surface area contributed by atoms with Gasteiger partial charge in [0.05, 0.1) is 16.4 Å². The lowest BCUT2D eigenvalue weighted by molar-refractivity contribution is 0.0937. The van der Waals surface area contributed by atoms with Gasteiger partial charge < -0.3 is 5.32 Å². The summed E-state index contributed by atoms with van der Waals surface area (Å²) in [5.74, 6) is -0.0187. The summed E-state index contributed by atoms with van der Waals surface area (Å²) in [6.45, 7) is 2.83. The van der Waals surface area contributed by atoms with Crippen LogP contribution in [0.4, 0.5) is 0 Å². The van der Waals surface area contributed by atoms with Crippen LogP contribution in [0.5, 0.6) is 0 Å². The fraction of sp³-hybridized carbons (Fsp3) is 0.238. The molecule has 27 heavy (non-hydrogen) atoms. The summed E-state index contributed by atoms with van der Waals surface area (Å²) in [6, 6.07) is 18.2. The summed E-state index contributed by atoms with van der Waals surface area (Å²) in [7, 11) is 0. The minimum atomic E-state index is -0.0187. The van der Waals surface area contributed by atoms with Gasteiger partial charge in [-0.15, -0.1) is 0 Å². The summed E-state index contributed by atoms with van der Waals surface area (Å²) in [5, 5.41) is 7.41. The third kappa shape index (κ3) is 4.46. The van der Waals surface area contributed by atoms with Crippen molar-refractivity contribution in [2.75, 3.05) is 13.1 Å². The maximum atomic E-state index is 12.6. The zero-order valence-corrected chi connectivity index (χ0v) is 16.5. The Morgan fingerprint density at radius 2 is 1.93 bits per heavy atom. The summed E-state index contributed by atoms with van der Waals surface area (Å²) in [6.07, 6.45) is 4.61. The lowest BCUT2D eigenvalue weighted by atomic mass is 10.1. The Morgan fingerprint density at radius 1 is 1.15 bits per heavy atom. The van der Waals surface area contributed by atoms with Crippen LogP contribution in [0.15, 0.2) is 71.5 Å². The molecule has 1 saturated heterocycles. The zero-order chi connectivity index (χ0) is 18.6. The maximum absolute atomic E-state index is 12.6.